The van der Waals surface area contributed by atoms with E-state index in [2.05, 4.69) is 20.6 Å². The third-order valence-corrected chi connectivity index (χ3v) is 5.12. The van der Waals surface area contributed by atoms with E-state index in [1.54, 1.807) is 68.4 Å². The van der Waals surface area contributed by atoms with E-state index in [-0.39, 0.29) is 5.69 Å². The predicted molar refractivity (Wildman–Crippen MR) is 120 cm³/mol. The number of imidazole rings is 1. The number of ether oxygens (including phenoxy) is 2. The molecule has 1 amide bonds. The normalized spacial score (nSPS) is 10.8. The van der Waals surface area contributed by atoms with Crippen LogP contribution in [-0.2, 0) is 6.67 Å². The highest BCUT2D eigenvalue weighted by atomic mass is 19.1. The lowest BCUT2D eigenvalue weighted by molar-refractivity contribution is 0.102. The van der Waals surface area contributed by atoms with Gasteiger partial charge in [0.1, 0.15) is 23.9 Å². The fraction of sp³-hybridized carbons (Fsp3) is 0.217. The van der Waals surface area contributed by atoms with E-state index in [1.807, 2.05) is 13.1 Å². The molecule has 4 rings (SSSR count). The van der Waals surface area contributed by atoms with Crippen molar-refractivity contribution < 1.29 is 18.7 Å². The molecule has 0 atom stereocenters. The van der Waals surface area contributed by atoms with Gasteiger partial charge in [0.15, 0.2) is 5.69 Å². The molecule has 0 unspecified atom stereocenters. The Balaban J connectivity index is 1.65. The molecular weight excluding hydrogens is 427 g/mol. The van der Waals surface area contributed by atoms with E-state index in [1.165, 1.54) is 4.68 Å². The van der Waals surface area contributed by atoms with Gasteiger partial charge in [0.2, 0.25) is 0 Å². The maximum absolute atomic E-state index is 13.5. The maximum Gasteiger partial charge on any atom is 0.278 e. The monoisotopic (exact) mass is 450 g/mol. The summed E-state index contributed by atoms with van der Waals surface area (Å²) in [5.74, 6) is 0.688. The summed E-state index contributed by atoms with van der Waals surface area (Å²) in [5, 5.41) is 11.0. The van der Waals surface area contributed by atoms with E-state index < -0.39 is 12.6 Å². The summed E-state index contributed by atoms with van der Waals surface area (Å²) < 4.78 is 27.4. The summed E-state index contributed by atoms with van der Waals surface area (Å²) in [4.78, 5) is 17.2. The van der Waals surface area contributed by atoms with Crippen LogP contribution >= 0.6 is 0 Å². The van der Waals surface area contributed by atoms with Gasteiger partial charge >= 0.3 is 0 Å². The second kappa shape index (κ2) is 9.11. The van der Waals surface area contributed by atoms with Crippen molar-refractivity contribution in [1.29, 1.82) is 0 Å². The van der Waals surface area contributed by atoms with Gasteiger partial charge in [-0.05, 0) is 49.7 Å². The van der Waals surface area contributed by atoms with Gasteiger partial charge in [-0.25, -0.2) is 14.1 Å². The lowest BCUT2D eigenvalue weighted by Crippen LogP contribution is -2.15. The van der Waals surface area contributed by atoms with Crippen LogP contribution in [0.25, 0.3) is 11.4 Å². The van der Waals surface area contributed by atoms with Crippen molar-refractivity contribution in [2.45, 2.75) is 20.5 Å². The molecule has 9 nitrogen and oxygen atoms in total. The summed E-state index contributed by atoms with van der Waals surface area (Å²) in [6.07, 6.45) is 3.45. The molecule has 0 saturated heterocycles. The Labute approximate surface area is 189 Å². The van der Waals surface area contributed by atoms with Crippen molar-refractivity contribution in [3.8, 4) is 22.9 Å². The number of aromatic nitrogens is 5. The van der Waals surface area contributed by atoms with Crippen LogP contribution in [0.3, 0.4) is 0 Å². The van der Waals surface area contributed by atoms with Crippen LogP contribution in [0.4, 0.5) is 10.1 Å². The van der Waals surface area contributed by atoms with Crippen molar-refractivity contribution >= 4 is 11.6 Å². The summed E-state index contributed by atoms with van der Waals surface area (Å²) >= 11 is 0. The number of carbonyl (C=O) groups is 1. The standard InChI is InChI=1S/C23H23FN6O3/c1-14-12-29(13-25-14)18-8-16(11-24)7-17(9-18)26-23(31)22-15(2)30(28-27-22)20-10-19(32-3)5-6-21(20)33-4/h5-10,12-13H,11H2,1-4H3,(H,26,31). The smallest absolute Gasteiger partial charge is 0.278 e. The highest BCUT2D eigenvalue weighted by Gasteiger charge is 2.20. The molecule has 0 bridgehead atoms. The number of hydrogen-bond donors (Lipinski definition) is 1. The van der Waals surface area contributed by atoms with Crippen molar-refractivity contribution in [3.63, 3.8) is 0 Å². The Bertz CT molecular complexity index is 1310. The van der Waals surface area contributed by atoms with E-state index in [0.717, 1.165) is 5.69 Å². The summed E-state index contributed by atoms with van der Waals surface area (Å²) in [7, 11) is 3.10. The Morgan fingerprint density at radius 2 is 1.94 bits per heavy atom. The molecule has 0 aliphatic carbocycles. The van der Waals surface area contributed by atoms with Gasteiger partial charge in [0.25, 0.3) is 5.91 Å². The van der Waals surface area contributed by atoms with E-state index in [9.17, 15) is 9.18 Å². The number of aryl methyl sites for hydroxylation is 1. The quantitative estimate of drug-likeness (QED) is 0.460. The van der Waals surface area contributed by atoms with Gasteiger partial charge in [-0.1, -0.05) is 5.21 Å². The van der Waals surface area contributed by atoms with Crippen LogP contribution in [0.1, 0.15) is 27.4 Å². The molecule has 170 valence electrons. The molecule has 0 spiro atoms. The fourth-order valence-electron chi connectivity index (χ4n) is 3.46. The third kappa shape index (κ3) is 4.40. The van der Waals surface area contributed by atoms with Crippen molar-refractivity contribution in [2.75, 3.05) is 19.5 Å². The number of methoxy groups -OCH3 is 2. The molecule has 0 aliphatic rings. The number of halogens is 1. The molecule has 0 saturated carbocycles. The topological polar surface area (TPSA) is 96.1 Å². The van der Waals surface area contributed by atoms with Crippen molar-refractivity contribution in [1.82, 2.24) is 24.5 Å². The number of alkyl halides is 1. The third-order valence-electron chi connectivity index (χ3n) is 5.12. The van der Waals surface area contributed by atoms with Gasteiger partial charge in [-0.15, -0.1) is 5.10 Å². The van der Waals surface area contributed by atoms with Crippen LogP contribution in [0, 0.1) is 13.8 Å². The molecule has 2 aromatic carbocycles. The maximum atomic E-state index is 13.5. The number of nitrogens with one attached hydrogen (secondary N) is 1. The number of nitrogens with zero attached hydrogens (tertiary/aromatic N) is 5. The average molecular weight is 450 g/mol. The molecule has 0 radical (unpaired) electrons. The van der Waals surface area contributed by atoms with Crippen molar-refractivity contribution in [2.24, 2.45) is 0 Å². The lowest BCUT2D eigenvalue weighted by atomic mass is 10.1. The number of anilines is 1. The van der Waals surface area contributed by atoms with Crippen LogP contribution in [0.15, 0.2) is 48.9 Å². The molecule has 33 heavy (non-hydrogen) atoms. The Morgan fingerprint density at radius 3 is 2.61 bits per heavy atom. The Hall–Kier alpha value is -4.21. The summed E-state index contributed by atoms with van der Waals surface area (Å²) in [6.45, 7) is 2.92. The second-order valence-electron chi connectivity index (χ2n) is 7.37. The first kappa shape index (κ1) is 22.0. The van der Waals surface area contributed by atoms with E-state index in [4.69, 9.17) is 9.47 Å². The largest absolute Gasteiger partial charge is 0.497 e. The minimum absolute atomic E-state index is 0.130. The first-order chi connectivity index (χ1) is 15.9. The number of rotatable bonds is 7. The zero-order chi connectivity index (χ0) is 23.5. The minimum atomic E-state index is -0.671. The van der Waals surface area contributed by atoms with E-state index in [0.29, 0.717) is 39.8 Å². The number of benzene rings is 2. The zero-order valence-corrected chi connectivity index (χ0v) is 18.7. The number of hydrogen-bond acceptors (Lipinski definition) is 6. The van der Waals surface area contributed by atoms with Gasteiger partial charge in [-0.2, -0.15) is 0 Å². The fourth-order valence-corrected chi connectivity index (χ4v) is 3.46. The second-order valence-corrected chi connectivity index (χ2v) is 7.37. The van der Waals surface area contributed by atoms with Gasteiger partial charge in [0, 0.05) is 23.6 Å². The first-order valence-electron chi connectivity index (χ1n) is 10.1. The van der Waals surface area contributed by atoms with Gasteiger partial charge in [-0.3, -0.25) is 4.79 Å². The predicted octanol–water partition coefficient (Wildman–Crippen LogP) is 3.81. The average Bonchev–Trinajstić information content (AvgIpc) is 3.43. The molecule has 2 aromatic heterocycles. The van der Waals surface area contributed by atoms with Crippen molar-refractivity contribution in [3.05, 3.63) is 71.6 Å². The summed E-state index contributed by atoms with van der Waals surface area (Å²) in [5.41, 5.74) is 3.59. The summed E-state index contributed by atoms with van der Waals surface area (Å²) in [6, 6.07) is 10.3. The van der Waals surface area contributed by atoms with Crippen LogP contribution < -0.4 is 14.8 Å². The Kier molecular flexibility index (Phi) is 6.07. The van der Waals surface area contributed by atoms with Crippen LogP contribution in [0.2, 0.25) is 0 Å². The molecule has 0 aliphatic heterocycles. The molecule has 4 aromatic rings. The molecule has 0 fully saturated rings. The number of carbonyl (C=O) groups excluding carboxylic acids is 1. The van der Waals surface area contributed by atoms with Gasteiger partial charge in [0.05, 0.1) is 31.9 Å². The van der Waals surface area contributed by atoms with Gasteiger partial charge < -0.3 is 19.4 Å². The Morgan fingerprint density at radius 1 is 1.12 bits per heavy atom. The zero-order valence-electron chi connectivity index (χ0n) is 18.7. The molecule has 2 heterocycles. The highest BCUT2D eigenvalue weighted by Crippen LogP contribution is 2.28. The van der Waals surface area contributed by atoms with Crippen LogP contribution in [-0.4, -0.2) is 44.7 Å². The van der Waals surface area contributed by atoms with E-state index >= 15 is 0 Å². The lowest BCUT2D eigenvalue weighted by Gasteiger charge is -2.12. The highest BCUT2D eigenvalue weighted by molar-refractivity contribution is 6.03. The number of amides is 1. The SMILES string of the molecule is COc1ccc(OC)c(-n2nnc(C(=O)Nc3cc(CF)cc(-n4cnc(C)c4)c3)c2C)c1. The molecular formula is C23H23FN6O3. The molecule has 1 N–H and O–H groups in total. The minimum Gasteiger partial charge on any atom is -0.497 e. The first-order valence-corrected chi connectivity index (χ1v) is 10.1. The molecule has 10 heteroatoms. The van der Waals surface area contributed by atoms with Crippen LogP contribution in [0.5, 0.6) is 11.5 Å².